The maximum atomic E-state index is 14.0. The van der Waals surface area contributed by atoms with Crippen LogP contribution in [0.4, 0.5) is 5.69 Å². The molecular weight excluding hydrogens is 624 g/mol. The minimum absolute atomic E-state index is 0.00803. The number of piperidine rings is 2. The van der Waals surface area contributed by atoms with Crippen molar-refractivity contribution < 1.29 is 19.5 Å². The van der Waals surface area contributed by atoms with E-state index in [4.69, 9.17) is 0 Å². The van der Waals surface area contributed by atoms with Gasteiger partial charge in [0.05, 0.1) is 0 Å². The monoisotopic (exact) mass is 670 g/mol. The normalized spacial score (nSPS) is 17.7. The van der Waals surface area contributed by atoms with Crippen LogP contribution in [0.1, 0.15) is 77.6 Å². The van der Waals surface area contributed by atoms with Gasteiger partial charge in [-0.15, -0.1) is 0 Å². The zero-order chi connectivity index (χ0) is 34.5. The molecule has 2 amide bonds. The lowest BCUT2D eigenvalue weighted by Gasteiger charge is -2.41. The zero-order valence-electron chi connectivity index (χ0n) is 28.5. The molecule has 50 heavy (non-hydrogen) atoms. The van der Waals surface area contributed by atoms with Crippen molar-refractivity contribution in [2.24, 2.45) is 0 Å². The molecule has 1 unspecified atom stereocenters. The van der Waals surface area contributed by atoms with Gasteiger partial charge in [0, 0.05) is 48.9 Å². The molecule has 8 nitrogen and oxygen atoms in total. The zero-order valence-corrected chi connectivity index (χ0v) is 28.5. The molecule has 1 atom stereocenters. The SMILES string of the molecule is O=C(CCC(C(=O)O)N1Cc2c(cccc2N2CCC(N3CCCCC3)CC2)C1=O)NC(c1ccccc1)(c1ccccc1)c1ccccc1. The number of benzene rings is 4. The number of nitrogens with zero attached hydrogens (tertiary/aromatic N) is 3. The third-order valence-electron chi connectivity index (χ3n) is 10.9. The van der Waals surface area contributed by atoms with E-state index in [2.05, 4.69) is 21.2 Å². The Morgan fingerprint density at radius 3 is 1.84 bits per heavy atom. The molecule has 0 spiro atoms. The van der Waals surface area contributed by atoms with Crippen molar-refractivity contribution in [3.05, 3.63) is 137 Å². The van der Waals surface area contributed by atoms with Crippen molar-refractivity contribution in [3.8, 4) is 0 Å². The molecule has 0 aliphatic carbocycles. The Morgan fingerprint density at radius 1 is 0.740 bits per heavy atom. The minimum Gasteiger partial charge on any atom is -0.480 e. The summed E-state index contributed by atoms with van der Waals surface area (Å²) in [6, 6.07) is 34.7. The molecule has 4 aromatic carbocycles. The number of carboxylic acid groups (broad SMARTS) is 1. The minimum atomic E-state index is -1.14. The highest BCUT2D eigenvalue weighted by molar-refractivity contribution is 6.02. The highest BCUT2D eigenvalue weighted by Crippen LogP contribution is 2.38. The van der Waals surface area contributed by atoms with Crippen LogP contribution < -0.4 is 10.2 Å². The summed E-state index contributed by atoms with van der Waals surface area (Å²) in [4.78, 5) is 47.1. The summed E-state index contributed by atoms with van der Waals surface area (Å²) in [7, 11) is 0. The molecule has 258 valence electrons. The second kappa shape index (κ2) is 14.9. The summed E-state index contributed by atoms with van der Waals surface area (Å²) in [5.41, 5.74) is 4.13. The third kappa shape index (κ3) is 6.64. The molecule has 2 saturated heterocycles. The number of aliphatic carboxylic acids is 1. The average molecular weight is 671 g/mol. The summed E-state index contributed by atoms with van der Waals surface area (Å²) in [5.74, 6) is -1.69. The van der Waals surface area contributed by atoms with Crippen LogP contribution in [0.2, 0.25) is 0 Å². The van der Waals surface area contributed by atoms with Crippen LogP contribution in [-0.2, 0) is 21.7 Å². The Hall–Kier alpha value is -4.95. The molecule has 3 aliphatic heterocycles. The third-order valence-corrected chi connectivity index (χ3v) is 10.9. The summed E-state index contributed by atoms with van der Waals surface area (Å²) in [5, 5.41) is 13.8. The Morgan fingerprint density at radius 2 is 1.30 bits per heavy atom. The molecule has 2 fully saturated rings. The van der Waals surface area contributed by atoms with E-state index in [-0.39, 0.29) is 31.2 Å². The van der Waals surface area contributed by atoms with Gasteiger partial charge in [-0.3, -0.25) is 9.59 Å². The number of amides is 2. The number of anilines is 1. The number of rotatable bonds is 11. The van der Waals surface area contributed by atoms with Gasteiger partial charge in [0.25, 0.3) is 5.91 Å². The quantitative estimate of drug-likeness (QED) is 0.179. The first-order valence-electron chi connectivity index (χ1n) is 18.1. The predicted molar refractivity (Wildman–Crippen MR) is 195 cm³/mol. The fourth-order valence-corrected chi connectivity index (χ4v) is 8.37. The maximum Gasteiger partial charge on any atom is 0.326 e. The van der Waals surface area contributed by atoms with Gasteiger partial charge in [0.15, 0.2) is 0 Å². The molecule has 0 radical (unpaired) electrons. The fraction of sp³-hybridized carbons (Fsp3) is 0.357. The number of hydrogen-bond donors (Lipinski definition) is 2. The van der Waals surface area contributed by atoms with Crippen LogP contribution in [0.5, 0.6) is 0 Å². The van der Waals surface area contributed by atoms with Crippen molar-refractivity contribution in [1.82, 2.24) is 15.1 Å². The predicted octanol–water partition coefficient (Wildman–Crippen LogP) is 6.44. The highest BCUT2D eigenvalue weighted by Gasteiger charge is 2.41. The Balaban J connectivity index is 1.08. The van der Waals surface area contributed by atoms with E-state index in [0.717, 1.165) is 53.9 Å². The Kier molecular flexibility index (Phi) is 9.99. The van der Waals surface area contributed by atoms with E-state index in [9.17, 15) is 19.5 Å². The lowest BCUT2D eigenvalue weighted by molar-refractivity contribution is -0.142. The van der Waals surface area contributed by atoms with Crippen molar-refractivity contribution in [2.45, 2.75) is 69.1 Å². The van der Waals surface area contributed by atoms with Gasteiger partial charge in [0.2, 0.25) is 5.91 Å². The van der Waals surface area contributed by atoms with Gasteiger partial charge < -0.3 is 25.1 Å². The number of hydrogen-bond acceptors (Lipinski definition) is 5. The molecule has 0 saturated carbocycles. The van der Waals surface area contributed by atoms with E-state index in [1.54, 1.807) is 6.07 Å². The number of fused-ring (bicyclic) bond motifs is 1. The van der Waals surface area contributed by atoms with Crippen molar-refractivity contribution >= 4 is 23.5 Å². The Bertz CT molecular complexity index is 1690. The fourth-order valence-electron chi connectivity index (χ4n) is 8.37. The second-order valence-electron chi connectivity index (χ2n) is 13.8. The van der Waals surface area contributed by atoms with Gasteiger partial charge in [-0.2, -0.15) is 0 Å². The van der Waals surface area contributed by atoms with Gasteiger partial charge in [0.1, 0.15) is 11.6 Å². The lowest BCUT2D eigenvalue weighted by Crippen LogP contribution is -2.48. The summed E-state index contributed by atoms with van der Waals surface area (Å²) < 4.78 is 0. The molecule has 0 bridgehead atoms. The highest BCUT2D eigenvalue weighted by atomic mass is 16.4. The van der Waals surface area contributed by atoms with Crippen LogP contribution in [-0.4, -0.2) is 71.0 Å². The second-order valence-corrected chi connectivity index (χ2v) is 13.8. The topological polar surface area (TPSA) is 93.2 Å². The smallest absolute Gasteiger partial charge is 0.326 e. The lowest BCUT2D eigenvalue weighted by atomic mass is 9.77. The van der Waals surface area contributed by atoms with Crippen LogP contribution in [0.25, 0.3) is 0 Å². The first-order valence-corrected chi connectivity index (χ1v) is 18.1. The van der Waals surface area contributed by atoms with Crippen molar-refractivity contribution in [1.29, 1.82) is 0 Å². The number of nitrogens with one attached hydrogen (secondary N) is 1. The number of carbonyl (C=O) groups is 3. The van der Waals surface area contributed by atoms with Crippen LogP contribution >= 0.6 is 0 Å². The first-order chi connectivity index (χ1) is 24.5. The summed E-state index contributed by atoms with van der Waals surface area (Å²) in [6.07, 6.45) is 5.99. The van der Waals surface area contributed by atoms with E-state index >= 15 is 0 Å². The van der Waals surface area contributed by atoms with Gasteiger partial charge in [-0.05, 0) is 74.0 Å². The molecule has 3 heterocycles. The molecular formula is C42H46N4O4. The Labute approximate surface area is 294 Å². The van der Waals surface area contributed by atoms with Crippen LogP contribution in [0.15, 0.2) is 109 Å². The summed E-state index contributed by atoms with van der Waals surface area (Å²) in [6.45, 7) is 4.43. The maximum absolute atomic E-state index is 14.0. The molecule has 8 heteroatoms. The average Bonchev–Trinajstić information content (AvgIpc) is 3.51. The standard InChI is InChI=1S/C42H46N4O4/c47-39(43-42(31-14-5-1-6-15-31,32-16-7-2-8-17-32)33-18-9-3-10-19-33)23-22-38(41(49)50)46-30-36-35(40(46)48)20-13-21-37(36)45-28-24-34(25-29-45)44-26-11-4-12-27-44/h1-3,5-10,13-21,34,38H,4,11-12,22-30H2,(H,43,47)(H,49,50). The first kappa shape index (κ1) is 33.5. The number of carboxylic acids is 1. The largest absolute Gasteiger partial charge is 0.480 e. The van der Waals surface area contributed by atoms with Crippen LogP contribution in [0, 0.1) is 0 Å². The summed E-state index contributed by atoms with van der Waals surface area (Å²) >= 11 is 0. The van der Waals surface area contributed by atoms with Gasteiger partial charge >= 0.3 is 5.97 Å². The van der Waals surface area contributed by atoms with Crippen molar-refractivity contribution in [2.75, 3.05) is 31.1 Å². The molecule has 7 rings (SSSR count). The molecule has 2 N–H and O–H groups in total. The van der Waals surface area contributed by atoms with Gasteiger partial charge in [-0.25, -0.2) is 4.79 Å². The molecule has 0 aromatic heterocycles. The number of carbonyl (C=O) groups excluding carboxylic acids is 2. The van der Waals surface area contributed by atoms with Crippen molar-refractivity contribution in [3.63, 3.8) is 0 Å². The van der Waals surface area contributed by atoms with Gasteiger partial charge in [-0.1, -0.05) is 103 Å². The van der Waals surface area contributed by atoms with E-state index < -0.39 is 17.6 Å². The number of likely N-dealkylation sites (tertiary alicyclic amines) is 1. The molecule has 3 aliphatic rings. The van der Waals surface area contributed by atoms with E-state index in [1.165, 1.54) is 37.3 Å². The molecule has 4 aromatic rings. The van der Waals surface area contributed by atoms with E-state index in [1.807, 2.05) is 97.1 Å². The van der Waals surface area contributed by atoms with Crippen LogP contribution in [0.3, 0.4) is 0 Å². The van der Waals surface area contributed by atoms with E-state index in [0.29, 0.717) is 11.6 Å².